The first kappa shape index (κ1) is 17.9. The fourth-order valence-electron chi connectivity index (χ4n) is 2.38. The first-order valence-electron chi connectivity index (χ1n) is 6.55. The van der Waals surface area contributed by atoms with Crippen LogP contribution < -0.4 is 11.1 Å². The van der Waals surface area contributed by atoms with Gasteiger partial charge in [0.2, 0.25) is 11.7 Å². The number of rotatable bonds is 3. The molecule has 3 N–H and O–H groups in total. The van der Waals surface area contributed by atoms with E-state index < -0.39 is 0 Å². The molecule has 3 rings (SSSR count). The molecule has 0 saturated carbocycles. The Hall–Kier alpha value is -1.14. The van der Waals surface area contributed by atoms with Crippen LogP contribution in [-0.2, 0) is 12.0 Å². The predicted molar refractivity (Wildman–Crippen MR) is 87.0 cm³/mol. The summed E-state index contributed by atoms with van der Waals surface area (Å²) in [6, 6.07) is 7.94. The molecule has 0 spiro atoms. The highest BCUT2D eigenvalue weighted by molar-refractivity contribution is 5.85. The lowest BCUT2D eigenvalue weighted by atomic mass is 9.90. The summed E-state index contributed by atoms with van der Waals surface area (Å²) >= 11 is 0. The van der Waals surface area contributed by atoms with Crippen molar-refractivity contribution in [1.82, 2.24) is 15.5 Å². The van der Waals surface area contributed by atoms with E-state index in [9.17, 15) is 0 Å². The van der Waals surface area contributed by atoms with E-state index in [-0.39, 0.29) is 30.2 Å². The predicted octanol–water partition coefficient (Wildman–Crippen LogP) is 2.29. The number of hydrogen-bond donors (Lipinski definition) is 2. The number of aromatic nitrogens is 2. The van der Waals surface area contributed by atoms with E-state index in [4.69, 9.17) is 10.3 Å². The molecule has 1 unspecified atom stereocenters. The fourth-order valence-corrected chi connectivity index (χ4v) is 2.38. The molecule has 1 aromatic carbocycles. The number of nitrogens with two attached hydrogens (primary N) is 1. The van der Waals surface area contributed by atoms with Gasteiger partial charge in [-0.15, -0.1) is 24.8 Å². The Kier molecular flexibility index (Phi) is 6.16. The molecule has 2 aromatic rings. The zero-order valence-corrected chi connectivity index (χ0v) is 13.5. The minimum atomic E-state index is -0.0392. The van der Waals surface area contributed by atoms with E-state index in [1.807, 2.05) is 24.3 Å². The molecule has 116 valence electrons. The monoisotopic (exact) mass is 330 g/mol. The van der Waals surface area contributed by atoms with Gasteiger partial charge in [-0.2, -0.15) is 4.98 Å². The lowest BCUT2D eigenvalue weighted by Gasteiger charge is -2.15. The summed E-state index contributed by atoms with van der Waals surface area (Å²) in [4.78, 5) is 4.54. The Bertz CT molecular complexity index is 565. The molecule has 21 heavy (non-hydrogen) atoms. The number of nitrogens with one attached hydrogen (secondary N) is 1. The molecule has 0 aliphatic carbocycles. The molecule has 1 aliphatic rings. The van der Waals surface area contributed by atoms with E-state index in [0.29, 0.717) is 12.4 Å². The summed E-state index contributed by atoms with van der Waals surface area (Å²) in [5.41, 5.74) is 7.60. The number of benzene rings is 1. The van der Waals surface area contributed by atoms with Crippen molar-refractivity contribution in [3.63, 3.8) is 0 Å². The zero-order chi connectivity index (χ0) is 13.3. The van der Waals surface area contributed by atoms with E-state index >= 15 is 0 Å². The van der Waals surface area contributed by atoms with Crippen LogP contribution in [0.15, 0.2) is 28.8 Å². The molecule has 1 fully saturated rings. The average Bonchev–Trinajstić information content (AvgIpc) is 3.08. The summed E-state index contributed by atoms with van der Waals surface area (Å²) < 4.78 is 5.44. The minimum absolute atomic E-state index is 0. The zero-order valence-electron chi connectivity index (χ0n) is 11.8. The second-order valence-electron chi connectivity index (χ2n) is 5.31. The van der Waals surface area contributed by atoms with Gasteiger partial charge in [0.1, 0.15) is 0 Å². The lowest BCUT2D eigenvalue weighted by molar-refractivity contribution is 0.306. The van der Waals surface area contributed by atoms with E-state index in [1.165, 1.54) is 0 Å². The third kappa shape index (κ3) is 3.55. The highest BCUT2D eigenvalue weighted by Crippen LogP contribution is 2.30. The topological polar surface area (TPSA) is 77.0 Å². The maximum absolute atomic E-state index is 5.59. The van der Waals surface area contributed by atoms with Gasteiger partial charge in [0.15, 0.2) is 0 Å². The minimum Gasteiger partial charge on any atom is -0.338 e. The van der Waals surface area contributed by atoms with Crippen LogP contribution in [-0.4, -0.2) is 23.2 Å². The molecule has 1 aliphatic heterocycles. The molecular weight excluding hydrogens is 311 g/mol. The molecule has 1 atom stereocenters. The van der Waals surface area contributed by atoms with Crippen LogP contribution in [0.4, 0.5) is 0 Å². The second kappa shape index (κ2) is 7.22. The van der Waals surface area contributed by atoms with Gasteiger partial charge >= 0.3 is 0 Å². The van der Waals surface area contributed by atoms with Gasteiger partial charge in [0.05, 0.1) is 5.41 Å². The molecule has 0 radical (unpaired) electrons. The molecule has 2 heterocycles. The highest BCUT2D eigenvalue weighted by atomic mass is 35.5. The van der Waals surface area contributed by atoms with Crippen LogP contribution in [0.25, 0.3) is 11.4 Å². The second-order valence-corrected chi connectivity index (χ2v) is 5.31. The van der Waals surface area contributed by atoms with Gasteiger partial charge < -0.3 is 15.6 Å². The van der Waals surface area contributed by atoms with Gasteiger partial charge in [-0.1, -0.05) is 29.4 Å². The first-order chi connectivity index (χ1) is 9.21. The standard InChI is InChI=1S/C14H18N4O.2ClH/c1-14(6-7-16-9-14)13-17-12(18-19-13)11-4-2-10(8-15)3-5-11;;/h2-5,16H,6-9,15H2,1H3;2*1H. The summed E-state index contributed by atoms with van der Waals surface area (Å²) in [7, 11) is 0. The quantitative estimate of drug-likeness (QED) is 0.902. The molecule has 0 bridgehead atoms. The van der Waals surface area contributed by atoms with Crippen LogP contribution in [0.5, 0.6) is 0 Å². The summed E-state index contributed by atoms with van der Waals surface area (Å²) in [5.74, 6) is 1.36. The van der Waals surface area contributed by atoms with Crippen molar-refractivity contribution in [1.29, 1.82) is 0 Å². The van der Waals surface area contributed by atoms with Crippen molar-refractivity contribution < 1.29 is 4.52 Å². The van der Waals surface area contributed by atoms with Crippen molar-refractivity contribution in [3.05, 3.63) is 35.7 Å². The van der Waals surface area contributed by atoms with Gasteiger partial charge in [-0.25, -0.2) is 0 Å². The van der Waals surface area contributed by atoms with Crippen LogP contribution >= 0.6 is 24.8 Å². The van der Waals surface area contributed by atoms with E-state index in [2.05, 4.69) is 22.4 Å². The van der Waals surface area contributed by atoms with Crippen LogP contribution in [0.3, 0.4) is 0 Å². The molecule has 1 saturated heterocycles. The van der Waals surface area contributed by atoms with Gasteiger partial charge in [-0.3, -0.25) is 0 Å². The fraction of sp³-hybridized carbons (Fsp3) is 0.429. The Morgan fingerprint density at radius 3 is 2.57 bits per heavy atom. The lowest BCUT2D eigenvalue weighted by Crippen LogP contribution is -2.25. The van der Waals surface area contributed by atoms with Crippen molar-refractivity contribution in [3.8, 4) is 11.4 Å². The molecular formula is C14H20Cl2N4O. The normalized spacial score (nSPS) is 20.7. The molecule has 1 aromatic heterocycles. The smallest absolute Gasteiger partial charge is 0.234 e. The summed E-state index contributed by atoms with van der Waals surface area (Å²) in [6.07, 6.45) is 1.03. The number of halogens is 2. The summed E-state index contributed by atoms with van der Waals surface area (Å²) in [5, 5.41) is 7.42. The molecule has 5 nitrogen and oxygen atoms in total. The SMILES string of the molecule is CC1(c2nc(-c3ccc(CN)cc3)no2)CCNC1.Cl.Cl. The first-order valence-corrected chi connectivity index (χ1v) is 6.55. The maximum atomic E-state index is 5.59. The number of nitrogens with zero attached hydrogens (tertiary/aromatic N) is 2. The van der Waals surface area contributed by atoms with Gasteiger partial charge in [0.25, 0.3) is 0 Å². The summed E-state index contributed by atoms with van der Waals surface area (Å²) in [6.45, 7) is 4.59. The van der Waals surface area contributed by atoms with Gasteiger partial charge in [-0.05, 0) is 25.5 Å². The van der Waals surface area contributed by atoms with Gasteiger partial charge in [0, 0.05) is 18.7 Å². The molecule has 0 amide bonds. The van der Waals surface area contributed by atoms with Crippen molar-refractivity contribution in [2.75, 3.05) is 13.1 Å². The molecule has 7 heteroatoms. The largest absolute Gasteiger partial charge is 0.338 e. The Labute approximate surface area is 136 Å². The third-order valence-electron chi connectivity index (χ3n) is 3.76. The van der Waals surface area contributed by atoms with E-state index in [1.54, 1.807) is 0 Å². The Morgan fingerprint density at radius 1 is 1.29 bits per heavy atom. The van der Waals surface area contributed by atoms with Crippen molar-refractivity contribution in [2.24, 2.45) is 5.73 Å². The van der Waals surface area contributed by atoms with Crippen LogP contribution in [0, 0.1) is 0 Å². The highest BCUT2D eigenvalue weighted by Gasteiger charge is 2.36. The number of hydrogen-bond acceptors (Lipinski definition) is 5. The maximum Gasteiger partial charge on any atom is 0.234 e. The van der Waals surface area contributed by atoms with E-state index in [0.717, 1.165) is 36.5 Å². The van der Waals surface area contributed by atoms with Crippen molar-refractivity contribution in [2.45, 2.75) is 25.3 Å². The van der Waals surface area contributed by atoms with Crippen LogP contribution in [0.1, 0.15) is 24.8 Å². The van der Waals surface area contributed by atoms with Crippen molar-refractivity contribution >= 4 is 24.8 Å². The Balaban J connectivity index is 0.00000110. The third-order valence-corrected chi connectivity index (χ3v) is 3.76. The average molecular weight is 331 g/mol. The van der Waals surface area contributed by atoms with Crippen LogP contribution in [0.2, 0.25) is 0 Å². The Morgan fingerprint density at radius 2 is 2.00 bits per heavy atom.